The van der Waals surface area contributed by atoms with Gasteiger partial charge in [-0.1, -0.05) is 17.7 Å². The molecule has 126 valence electrons. The molecule has 0 saturated heterocycles. The molecule has 0 atom stereocenters. The van der Waals surface area contributed by atoms with Crippen molar-refractivity contribution >= 4 is 27.5 Å². The molecule has 0 aliphatic rings. The van der Waals surface area contributed by atoms with Crippen LogP contribution in [0.2, 0.25) is 0 Å². The topological polar surface area (TPSA) is 56.1 Å². The van der Waals surface area contributed by atoms with E-state index in [4.69, 9.17) is 4.74 Å². The van der Waals surface area contributed by atoms with Gasteiger partial charge in [-0.3, -0.25) is 9.48 Å². The third-order valence-corrected chi connectivity index (χ3v) is 5.24. The van der Waals surface area contributed by atoms with Crippen LogP contribution in [0.1, 0.15) is 26.5 Å². The molecular weight excluding hydrogens is 322 g/mol. The molecule has 0 saturated carbocycles. The molecular formula is C18H21N3O2S. The van der Waals surface area contributed by atoms with Crippen LogP contribution in [0.4, 0.5) is 0 Å². The minimum atomic E-state index is -0.0396. The largest absolute Gasteiger partial charge is 0.496 e. The Labute approximate surface area is 145 Å². The number of carbonyl (C=O) groups excluding carboxylic acids is 1. The van der Waals surface area contributed by atoms with Gasteiger partial charge in [0.25, 0.3) is 5.91 Å². The zero-order valence-corrected chi connectivity index (χ0v) is 15.2. The van der Waals surface area contributed by atoms with Gasteiger partial charge >= 0.3 is 0 Å². The molecule has 6 heteroatoms. The maximum absolute atomic E-state index is 12.4. The van der Waals surface area contributed by atoms with Gasteiger partial charge in [0.05, 0.1) is 17.7 Å². The number of rotatable bonds is 5. The number of methoxy groups -OCH3 is 1. The molecule has 5 nitrogen and oxygen atoms in total. The summed E-state index contributed by atoms with van der Waals surface area (Å²) in [5.41, 5.74) is 3.24. The molecule has 3 aromatic rings. The first kappa shape index (κ1) is 16.5. The zero-order valence-electron chi connectivity index (χ0n) is 14.3. The first-order valence-electron chi connectivity index (χ1n) is 7.84. The van der Waals surface area contributed by atoms with E-state index < -0.39 is 0 Å². The van der Waals surface area contributed by atoms with E-state index in [0.29, 0.717) is 6.54 Å². The van der Waals surface area contributed by atoms with Gasteiger partial charge in [0.15, 0.2) is 0 Å². The molecule has 0 spiro atoms. The van der Waals surface area contributed by atoms with E-state index >= 15 is 0 Å². The number of benzene rings is 1. The molecule has 0 aliphatic heterocycles. The lowest BCUT2D eigenvalue weighted by Crippen LogP contribution is -2.25. The van der Waals surface area contributed by atoms with Gasteiger partial charge in [-0.05, 0) is 38.0 Å². The Bertz CT molecular complexity index is 861. The Morgan fingerprint density at radius 3 is 2.83 bits per heavy atom. The average Bonchev–Trinajstić information content (AvgIpc) is 3.10. The first-order chi connectivity index (χ1) is 11.5. The second-order valence-electron chi connectivity index (χ2n) is 5.86. The predicted molar refractivity (Wildman–Crippen MR) is 97.1 cm³/mol. The van der Waals surface area contributed by atoms with Gasteiger partial charge in [0.1, 0.15) is 10.6 Å². The monoisotopic (exact) mass is 343 g/mol. The highest BCUT2D eigenvalue weighted by atomic mass is 32.1. The van der Waals surface area contributed by atoms with Crippen molar-refractivity contribution in [2.45, 2.75) is 20.3 Å². The van der Waals surface area contributed by atoms with Crippen LogP contribution in [-0.2, 0) is 13.5 Å². The van der Waals surface area contributed by atoms with E-state index in [9.17, 15) is 4.79 Å². The number of nitrogens with zero attached hydrogens (tertiary/aromatic N) is 2. The Kier molecular flexibility index (Phi) is 4.57. The number of hydrogen-bond acceptors (Lipinski definition) is 4. The van der Waals surface area contributed by atoms with E-state index in [0.717, 1.165) is 38.5 Å². The molecule has 1 aromatic carbocycles. The minimum absolute atomic E-state index is 0.0396. The summed E-state index contributed by atoms with van der Waals surface area (Å²) in [5.74, 6) is 0.820. The highest BCUT2D eigenvalue weighted by molar-refractivity contribution is 7.20. The lowest BCUT2D eigenvalue weighted by molar-refractivity contribution is 0.0958. The van der Waals surface area contributed by atoms with Crippen LogP contribution in [0.25, 0.3) is 10.2 Å². The Balaban J connectivity index is 1.67. The molecule has 1 N–H and O–H groups in total. The summed E-state index contributed by atoms with van der Waals surface area (Å²) in [4.78, 5) is 14.1. The van der Waals surface area contributed by atoms with Gasteiger partial charge in [-0.2, -0.15) is 5.10 Å². The zero-order chi connectivity index (χ0) is 17.3. The highest BCUT2D eigenvalue weighted by Gasteiger charge is 2.15. The number of fused-ring (bicyclic) bond motifs is 1. The van der Waals surface area contributed by atoms with Gasteiger partial charge < -0.3 is 10.1 Å². The third-order valence-electron chi connectivity index (χ3n) is 4.04. The number of aromatic nitrogens is 2. The van der Waals surface area contributed by atoms with Crippen LogP contribution in [-0.4, -0.2) is 29.3 Å². The standard InChI is InChI=1S/C18H21N3O2S/c1-11-5-6-15(23-4)13(9-11)7-8-19-17(22)16-10-14-12(2)20-21(3)18(14)24-16/h5-6,9-10H,7-8H2,1-4H3,(H,19,22). The molecule has 24 heavy (non-hydrogen) atoms. The number of amides is 1. The lowest BCUT2D eigenvalue weighted by Gasteiger charge is -2.10. The van der Waals surface area contributed by atoms with Gasteiger partial charge in [-0.25, -0.2) is 0 Å². The fourth-order valence-corrected chi connectivity index (χ4v) is 3.86. The molecule has 3 rings (SSSR count). The summed E-state index contributed by atoms with van der Waals surface area (Å²) in [6, 6.07) is 8.01. The summed E-state index contributed by atoms with van der Waals surface area (Å²) in [7, 11) is 3.57. The molecule has 0 unspecified atom stereocenters. The molecule has 0 bridgehead atoms. The number of thiophene rings is 1. The van der Waals surface area contributed by atoms with Gasteiger partial charge in [-0.15, -0.1) is 11.3 Å². The van der Waals surface area contributed by atoms with Crippen molar-refractivity contribution in [1.82, 2.24) is 15.1 Å². The minimum Gasteiger partial charge on any atom is -0.496 e. The van der Waals surface area contributed by atoms with Crippen LogP contribution >= 0.6 is 11.3 Å². The summed E-state index contributed by atoms with van der Waals surface area (Å²) in [6.45, 7) is 4.58. The van der Waals surface area contributed by atoms with Crippen molar-refractivity contribution in [3.05, 3.63) is 46.0 Å². The fourth-order valence-electron chi connectivity index (χ4n) is 2.82. The van der Waals surface area contributed by atoms with Crippen LogP contribution < -0.4 is 10.1 Å². The molecule has 0 aliphatic carbocycles. The quantitative estimate of drug-likeness (QED) is 0.774. The summed E-state index contributed by atoms with van der Waals surface area (Å²) in [5, 5.41) is 8.40. The van der Waals surface area contributed by atoms with Crippen molar-refractivity contribution in [1.29, 1.82) is 0 Å². The summed E-state index contributed by atoms with van der Waals surface area (Å²) >= 11 is 1.47. The van der Waals surface area contributed by atoms with Crippen molar-refractivity contribution in [2.75, 3.05) is 13.7 Å². The highest BCUT2D eigenvalue weighted by Crippen LogP contribution is 2.27. The average molecular weight is 343 g/mol. The van der Waals surface area contributed by atoms with Crippen molar-refractivity contribution < 1.29 is 9.53 Å². The second-order valence-corrected chi connectivity index (χ2v) is 6.89. The Morgan fingerprint density at radius 2 is 2.12 bits per heavy atom. The van der Waals surface area contributed by atoms with Crippen molar-refractivity contribution in [2.24, 2.45) is 7.05 Å². The van der Waals surface area contributed by atoms with Gasteiger partial charge in [0.2, 0.25) is 0 Å². The number of hydrogen-bond donors (Lipinski definition) is 1. The first-order valence-corrected chi connectivity index (χ1v) is 8.66. The van der Waals surface area contributed by atoms with Crippen LogP contribution in [0.5, 0.6) is 5.75 Å². The van der Waals surface area contributed by atoms with E-state index in [2.05, 4.69) is 23.4 Å². The Hall–Kier alpha value is -2.34. The van der Waals surface area contributed by atoms with E-state index in [1.54, 1.807) is 7.11 Å². The lowest BCUT2D eigenvalue weighted by atomic mass is 10.1. The molecule has 2 aromatic heterocycles. The van der Waals surface area contributed by atoms with Crippen LogP contribution in [0.3, 0.4) is 0 Å². The van der Waals surface area contributed by atoms with E-state index in [1.165, 1.54) is 16.9 Å². The van der Waals surface area contributed by atoms with Crippen molar-refractivity contribution in [3.63, 3.8) is 0 Å². The smallest absolute Gasteiger partial charge is 0.261 e. The Morgan fingerprint density at radius 1 is 1.33 bits per heavy atom. The normalized spacial score (nSPS) is 11.0. The molecule has 0 radical (unpaired) electrons. The van der Waals surface area contributed by atoms with Crippen molar-refractivity contribution in [3.8, 4) is 5.75 Å². The molecule has 0 fully saturated rings. The maximum Gasteiger partial charge on any atom is 0.261 e. The third kappa shape index (κ3) is 3.14. The number of nitrogens with one attached hydrogen (secondary N) is 1. The summed E-state index contributed by atoms with van der Waals surface area (Å²) < 4.78 is 7.20. The maximum atomic E-state index is 12.4. The molecule has 2 heterocycles. The van der Waals surface area contributed by atoms with E-state index in [1.807, 2.05) is 36.9 Å². The van der Waals surface area contributed by atoms with E-state index in [-0.39, 0.29) is 5.91 Å². The molecule has 1 amide bonds. The van der Waals surface area contributed by atoms with Crippen LogP contribution in [0, 0.1) is 13.8 Å². The SMILES string of the molecule is COc1ccc(C)cc1CCNC(=O)c1cc2c(C)nn(C)c2s1. The fraction of sp³-hybridized carbons (Fsp3) is 0.333. The summed E-state index contributed by atoms with van der Waals surface area (Å²) in [6.07, 6.45) is 0.738. The second kappa shape index (κ2) is 6.65. The number of aryl methyl sites for hydroxylation is 3. The number of carbonyl (C=O) groups is 1. The van der Waals surface area contributed by atoms with Gasteiger partial charge in [0, 0.05) is 19.0 Å². The predicted octanol–water partition coefficient (Wildman–Crippen LogP) is 3.23. The van der Waals surface area contributed by atoms with Crippen LogP contribution in [0.15, 0.2) is 24.3 Å². The number of ether oxygens (including phenoxy) is 1.